The number of thiophene rings is 1. The Labute approximate surface area is 99.4 Å². The molecule has 1 N–H and O–H groups in total. The molecule has 16 heavy (non-hydrogen) atoms. The highest BCUT2D eigenvalue weighted by molar-refractivity contribution is 7.10. The summed E-state index contributed by atoms with van der Waals surface area (Å²) in [6.07, 6.45) is 5.41. The first kappa shape index (κ1) is 11.4. The molecule has 0 aliphatic heterocycles. The lowest BCUT2D eigenvalue weighted by Gasteiger charge is -2.21. The highest BCUT2D eigenvalue weighted by atomic mass is 32.1. The smallest absolute Gasteiger partial charge is 0.0963 e. The summed E-state index contributed by atoms with van der Waals surface area (Å²) in [6, 6.07) is 3.95. The van der Waals surface area contributed by atoms with Crippen molar-refractivity contribution >= 4 is 11.3 Å². The molecule has 0 saturated heterocycles. The lowest BCUT2D eigenvalue weighted by atomic mass is 9.96. The van der Waals surface area contributed by atoms with Crippen molar-refractivity contribution in [2.24, 2.45) is 7.05 Å². The van der Waals surface area contributed by atoms with Gasteiger partial charge >= 0.3 is 0 Å². The van der Waals surface area contributed by atoms with Crippen LogP contribution in [0.25, 0.3) is 0 Å². The van der Waals surface area contributed by atoms with E-state index in [1.807, 2.05) is 43.9 Å². The molecular weight excluding hydrogens is 220 g/mol. The Balaban J connectivity index is 2.00. The number of hydrogen-bond donors (Lipinski definition) is 1. The Morgan fingerprint density at radius 2 is 2.38 bits per heavy atom. The van der Waals surface area contributed by atoms with Crippen LogP contribution in [0, 0.1) is 0 Å². The van der Waals surface area contributed by atoms with Crippen LogP contribution in [0.5, 0.6) is 0 Å². The van der Waals surface area contributed by atoms with E-state index < -0.39 is 5.60 Å². The number of nitrogens with zero attached hydrogens (tertiary/aromatic N) is 2. The van der Waals surface area contributed by atoms with Crippen LogP contribution in [0.3, 0.4) is 0 Å². The van der Waals surface area contributed by atoms with Crippen LogP contribution in [0.2, 0.25) is 0 Å². The van der Waals surface area contributed by atoms with E-state index in [0.29, 0.717) is 0 Å². The van der Waals surface area contributed by atoms with Gasteiger partial charge in [0, 0.05) is 18.1 Å². The van der Waals surface area contributed by atoms with Crippen molar-refractivity contribution in [2.45, 2.75) is 25.4 Å². The summed E-state index contributed by atoms with van der Waals surface area (Å²) < 4.78 is 1.79. The SMILES string of the molecule is Cn1cc(CCC(C)(O)c2cccs2)cn1. The normalized spacial score (nSPS) is 14.9. The number of aryl methyl sites for hydroxylation is 2. The molecule has 0 amide bonds. The lowest BCUT2D eigenvalue weighted by Crippen LogP contribution is -2.20. The van der Waals surface area contributed by atoms with E-state index in [-0.39, 0.29) is 0 Å². The van der Waals surface area contributed by atoms with Gasteiger partial charge in [0.15, 0.2) is 0 Å². The molecule has 3 nitrogen and oxygen atoms in total. The van der Waals surface area contributed by atoms with Crippen LogP contribution < -0.4 is 0 Å². The van der Waals surface area contributed by atoms with Crippen LogP contribution in [0.15, 0.2) is 29.9 Å². The monoisotopic (exact) mass is 236 g/mol. The quantitative estimate of drug-likeness (QED) is 0.884. The first-order chi connectivity index (χ1) is 7.58. The predicted octanol–water partition coefficient (Wildman–Crippen LogP) is 2.32. The Hall–Kier alpha value is -1.13. The maximum Gasteiger partial charge on any atom is 0.0963 e. The summed E-state index contributed by atoms with van der Waals surface area (Å²) in [5.74, 6) is 0. The van der Waals surface area contributed by atoms with Gasteiger partial charge in [-0.3, -0.25) is 4.68 Å². The van der Waals surface area contributed by atoms with E-state index in [0.717, 1.165) is 17.7 Å². The van der Waals surface area contributed by atoms with Gasteiger partial charge in [-0.25, -0.2) is 0 Å². The molecule has 0 fully saturated rings. The fourth-order valence-corrected chi connectivity index (χ4v) is 2.51. The first-order valence-electron chi connectivity index (χ1n) is 5.32. The van der Waals surface area contributed by atoms with Crippen LogP contribution in [0.1, 0.15) is 23.8 Å². The van der Waals surface area contributed by atoms with Crippen LogP contribution in [0.4, 0.5) is 0 Å². The highest BCUT2D eigenvalue weighted by Gasteiger charge is 2.23. The van der Waals surface area contributed by atoms with Gasteiger partial charge in [0.2, 0.25) is 0 Å². The third-order valence-corrected chi connectivity index (χ3v) is 3.83. The third kappa shape index (κ3) is 2.51. The average molecular weight is 236 g/mol. The molecule has 1 unspecified atom stereocenters. The van der Waals surface area contributed by atoms with Crippen molar-refractivity contribution in [1.82, 2.24) is 9.78 Å². The minimum atomic E-state index is -0.732. The summed E-state index contributed by atoms with van der Waals surface area (Å²) in [4.78, 5) is 1.02. The number of rotatable bonds is 4. The number of hydrogen-bond acceptors (Lipinski definition) is 3. The molecule has 86 valence electrons. The molecule has 0 aliphatic rings. The van der Waals surface area contributed by atoms with Gasteiger partial charge in [-0.15, -0.1) is 11.3 Å². The molecule has 2 aromatic rings. The number of aromatic nitrogens is 2. The van der Waals surface area contributed by atoms with Crippen LogP contribution in [-0.2, 0) is 19.1 Å². The summed E-state index contributed by atoms with van der Waals surface area (Å²) >= 11 is 1.60. The van der Waals surface area contributed by atoms with Crippen molar-refractivity contribution < 1.29 is 5.11 Å². The van der Waals surface area contributed by atoms with Crippen LogP contribution >= 0.6 is 11.3 Å². The van der Waals surface area contributed by atoms with Crippen molar-refractivity contribution in [3.05, 3.63) is 40.3 Å². The van der Waals surface area contributed by atoms with E-state index in [2.05, 4.69) is 5.10 Å². The topological polar surface area (TPSA) is 38.0 Å². The standard InChI is InChI=1S/C12H16N2OS/c1-12(15,11-4-3-7-16-11)6-5-10-8-13-14(2)9-10/h3-4,7-9,15H,5-6H2,1-2H3. The van der Waals surface area contributed by atoms with Crippen molar-refractivity contribution in [1.29, 1.82) is 0 Å². The molecule has 0 radical (unpaired) electrons. The van der Waals surface area contributed by atoms with Gasteiger partial charge in [-0.2, -0.15) is 5.10 Å². The largest absolute Gasteiger partial charge is 0.385 e. The molecular formula is C12H16N2OS. The van der Waals surface area contributed by atoms with E-state index >= 15 is 0 Å². The van der Waals surface area contributed by atoms with Gasteiger partial charge < -0.3 is 5.11 Å². The molecule has 0 aliphatic carbocycles. The van der Waals surface area contributed by atoms with E-state index in [9.17, 15) is 5.11 Å². The van der Waals surface area contributed by atoms with E-state index in [1.165, 1.54) is 5.56 Å². The molecule has 2 aromatic heterocycles. The van der Waals surface area contributed by atoms with Gasteiger partial charge in [0.1, 0.15) is 0 Å². The van der Waals surface area contributed by atoms with Crippen molar-refractivity contribution in [3.63, 3.8) is 0 Å². The number of aliphatic hydroxyl groups is 1. The van der Waals surface area contributed by atoms with Crippen molar-refractivity contribution in [3.8, 4) is 0 Å². The average Bonchev–Trinajstić information content (AvgIpc) is 2.85. The Morgan fingerprint density at radius 3 is 2.94 bits per heavy atom. The second-order valence-corrected chi connectivity index (χ2v) is 5.22. The second-order valence-electron chi connectivity index (χ2n) is 4.27. The van der Waals surface area contributed by atoms with E-state index in [4.69, 9.17) is 0 Å². The predicted molar refractivity (Wildman–Crippen MR) is 65.4 cm³/mol. The lowest BCUT2D eigenvalue weighted by molar-refractivity contribution is 0.0518. The molecule has 4 heteroatoms. The van der Waals surface area contributed by atoms with E-state index in [1.54, 1.807) is 16.0 Å². The van der Waals surface area contributed by atoms with Gasteiger partial charge in [-0.1, -0.05) is 6.07 Å². The minimum Gasteiger partial charge on any atom is -0.385 e. The van der Waals surface area contributed by atoms with Crippen molar-refractivity contribution in [2.75, 3.05) is 0 Å². The fourth-order valence-electron chi connectivity index (χ4n) is 1.70. The minimum absolute atomic E-state index is 0.721. The van der Waals surface area contributed by atoms with Gasteiger partial charge in [0.05, 0.1) is 11.8 Å². The van der Waals surface area contributed by atoms with Gasteiger partial charge in [-0.05, 0) is 36.8 Å². The zero-order valence-corrected chi connectivity index (χ0v) is 10.4. The summed E-state index contributed by atoms with van der Waals surface area (Å²) in [5, 5.41) is 16.4. The zero-order chi connectivity index (χ0) is 11.6. The third-order valence-electron chi connectivity index (χ3n) is 2.71. The first-order valence-corrected chi connectivity index (χ1v) is 6.20. The Morgan fingerprint density at radius 1 is 1.56 bits per heavy atom. The maximum atomic E-state index is 10.3. The Bertz CT molecular complexity index is 445. The van der Waals surface area contributed by atoms with Gasteiger partial charge in [0.25, 0.3) is 0 Å². The maximum absolute atomic E-state index is 10.3. The molecule has 1 atom stereocenters. The molecule has 2 heterocycles. The second kappa shape index (κ2) is 4.39. The summed E-state index contributed by atoms with van der Waals surface area (Å²) in [7, 11) is 1.90. The molecule has 0 saturated carbocycles. The molecule has 2 rings (SSSR count). The molecule has 0 aromatic carbocycles. The Kier molecular flexibility index (Phi) is 3.12. The van der Waals surface area contributed by atoms with Crippen LogP contribution in [-0.4, -0.2) is 14.9 Å². The highest BCUT2D eigenvalue weighted by Crippen LogP contribution is 2.29. The zero-order valence-electron chi connectivity index (χ0n) is 9.55. The molecule has 0 bridgehead atoms. The summed E-state index contributed by atoms with van der Waals surface area (Å²) in [6.45, 7) is 1.87. The fraction of sp³-hybridized carbons (Fsp3) is 0.417. The molecule has 0 spiro atoms. The summed E-state index contributed by atoms with van der Waals surface area (Å²) in [5.41, 5.74) is 0.434.